The van der Waals surface area contributed by atoms with E-state index in [4.69, 9.17) is 29.8 Å². The van der Waals surface area contributed by atoms with Crippen molar-refractivity contribution in [3.8, 4) is 0 Å². The quantitative estimate of drug-likeness (QED) is 0.143. The molecular formula is C19H34N2O10. The largest absolute Gasteiger partial charge is 0.480 e. The summed E-state index contributed by atoms with van der Waals surface area (Å²) in [6, 6.07) is -0.780. The monoisotopic (exact) mass is 450 g/mol. The van der Waals surface area contributed by atoms with Crippen LogP contribution in [0.2, 0.25) is 0 Å². The van der Waals surface area contributed by atoms with Gasteiger partial charge in [0.1, 0.15) is 25.0 Å². The Morgan fingerprint density at radius 3 is 2.13 bits per heavy atom. The molecule has 0 radical (unpaired) electrons. The molecule has 1 amide bonds. The highest BCUT2D eigenvalue weighted by Gasteiger charge is 2.15. The number of carboxylic acid groups (broad SMARTS) is 1. The molecule has 0 spiro atoms. The average molecular weight is 450 g/mol. The van der Waals surface area contributed by atoms with Gasteiger partial charge in [0.15, 0.2) is 0 Å². The number of methoxy groups -OCH3 is 1. The fraction of sp³-hybridized carbons (Fsp3) is 0.789. The number of carboxylic acids is 1. The zero-order valence-corrected chi connectivity index (χ0v) is 18.0. The lowest BCUT2D eigenvalue weighted by Gasteiger charge is -2.09. The Hall–Kier alpha value is -2.12. The topological polar surface area (TPSA) is 173 Å². The number of carbonyl (C=O) groups excluding carboxylic acids is 3. The van der Waals surface area contributed by atoms with Crippen LogP contribution in [-0.4, -0.2) is 101 Å². The Bertz CT molecular complexity index is 530. The number of ether oxygens (including phenoxy) is 5. The first kappa shape index (κ1) is 28.9. The smallest absolute Gasteiger partial charge is 0.329 e. The van der Waals surface area contributed by atoms with Gasteiger partial charge in [-0.2, -0.15) is 0 Å². The second kappa shape index (κ2) is 19.8. The number of nitrogens with two attached hydrogens (primary N) is 1. The molecule has 31 heavy (non-hydrogen) atoms. The predicted octanol–water partition coefficient (Wildman–Crippen LogP) is -1.12. The number of Topliss-reactive ketones (excluding diaryl/α,β-unsaturated/α-hetero) is 1. The summed E-state index contributed by atoms with van der Waals surface area (Å²) in [5, 5.41) is 11.0. The van der Waals surface area contributed by atoms with Gasteiger partial charge in [0.2, 0.25) is 5.91 Å². The Kier molecular flexibility index (Phi) is 18.5. The van der Waals surface area contributed by atoms with E-state index < -0.39 is 18.0 Å². The Morgan fingerprint density at radius 2 is 1.48 bits per heavy atom. The van der Waals surface area contributed by atoms with Gasteiger partial charge in [0, 0.05) is 26.0 Å². The van der Waals surface area contributed by atoms with Gasteiger partial charge in [-0.25, -0.2) is 4.79 Å². The summed E-state index contributed by atoms with van der Waals surface area (Å²) in [4.78, 5) is 44.6. The van der Waals surface area contributed by atoms with E-state index in [2.05, 4.69) is 10.1 Å². The third-order valence-electron chi connectivity index (χ3n) is 3.75. The van der Waals surface area contributed by atoms with Crippen LogP contribution in [0.5, 0.6) is 0 Å². The van der Waals surface area contributed by atoms with Crippen LogP contribution >= 0.6 is 0 Å². The van der Waals surface area contributed by atoms with E-state index in [-0.39, 0.29) is 64.2 Å². The molecule has 0 aromatic heterocycles. The van der Waals surface area contributed by atoms with E-state index in [1.54, 1.807) is 0 Å². The molecule has 0 bridgehead atoms. The minimum Gasteiger partial charge on any atom is -0.480 e. The van der Waals surface area contributed by atoms with Gasteiger partial charge < -0.3 is 39.8 Å². The highest BCUT2D eigenvalue weighted by atomic mass is 16.5. The Morgan fingerprint density at radius 1 is 0.871 bits per heavy atom. The molecule has 0 aliphatic heterocycles. The average Bonchev–Trinajstić information content (AvgIpc) is 2.74. The maximum absolute atomic E-state index is 11.7. The second-order valence-electron chi connectivity index (χ2n) is 6.38. The van der Waals surface area contributed by atoms with E-state index in [0.717, 1.165) is 0 Å². The molecule has 0 aromatic carbocycles. The first-order chi connectivity index (χ1) is 14.9. The lowest BCUT2D eigenvalue weighted by molar-refractivity contribution is -0.143. The molecule has 0 rings (SSSR count). The molecule has 0 aliphatic carbocycles. The molecule has 0 saturated carbocycles. The molecule has 12 heteroatoms. The molecule has 12 nitrogen and oxygen atoms in total. The molecule has 0 aromatic rings. The zero-order valence-electron chi connectivity index (χ0n) is 18.0. The summed E-state index contributed by atoms with van der Waals surface area (Å²) < 4.78 is 24.9. The first-order valence-electron chi connectivity index (χ1n) is 10.0. The summed E-state index contributed by atoms with van der Waals surface area (Å²) in [5.41, 5.74) is 5.56. The van der Waals surface area contributed by atoms with E-state index in [0.29, 0.717) is 32.6 Å². The summed E-state index contributed by atoms with van der Waals surface area (Å²) in [7, 11) is 1.25. The molecule has 0 heterocycles. The first-order valence-corrected chi connectivity index (χ1v) is 10.0. The van der Waals surface area contributed by atoms with Crippen molar-refractivity contribution in [3.63, 3.8) is 0 Å². The van der Waals surface area contributed by atoms with Crippen LogP contribution < -0.4 is 11.1 Å². The van der Waals surface area contributed by atoms with Crippen molar-refractivity contribution in [2.45, 2.75) is 31.7 Å². The number of ketones is 1. The molecule has 1 atom stereocenters. The van der Waals surface area contributed by atoms with Crippen LogP contribution in [0.1, 0.15) is 25.7 Å². The van der Waals surface area contributed by atoms with Gasteiger partial charge in [-0.3, -0.25) is 14.4 Å². The molecule has 0 unspecified atom stereocenters. The fourth-order valence-corrected chi connectivity index (χ4v) is 2.16. The Labute approximate surface area is 181 Å². The van der Waals surface area contributed by atoms with Crippen LogP contribution in [0.25, 0.3) is 0 Å². The Balaban J connectivity index is 3.39. The van der Waals surface area contributed by atoms with Crippen LogP contribution in [0, 0.1) is 0 Å². The van der Waals surface area contributed by atoms with Gasteiger partial charge in [0.25, 0.3) is 0 Å². The van der Waals surface area contributed by atoms with Crippen molar-refractivity contribution >= 4 is 23.6 Å². The fourth-order valence-electron chi connectivity index (χ4n) is 2.16. The number of rotatable bonds is 21. The second-order valence-corrected chi connectivity index (χ2v) is 6.38. The molecule has 180 valence electrons. The minimum atomic E-state index is -1.04. The number of carbonyl (C=O) groups is 4. The molecule has 0 aliphatic rings. The highest BCUT2D eigenvalue weighted by Crippen LogP contribution is 2.02. The summed E-state index contributed by atoms with van der Waals surface area (Å²) in [5.74, 6) is -1.85. The van der Waals surface area contributed by atoms with Gasteiger partial charge in [0.05, 0.1) is 40.1 Å². The number of nitrogens with one attached hydrogen (secondary N) is 1. The van der Waals surface area contributed by atoms with E-state index in [1.807, 2.05) is 0 Å². The van der Waals surface area contributed by atoms with Gasteiger partial charge in [-0.15, -0.1) is 0 Å². The summed E-state index contributed by atoms with van der Waals surface area (Å²) in [6.45, 7) is 1.44. The lowest BCUT2D eigenvalue weighted by Crippen LogP contribution is -2.32. The molecular weight excluding hydrogens is 416 g/mol. The summed E-state index contributed by atoms with van der Waals surface area (Å²) >= 11 is 0. The van der Waals surface area contributed by atoms with Crippen molar-refractivity contribution in [2.24, 2.45) is 5.73 Å². The van der Waals surface area contributed by atoms with E-state index in [1.165, 1.54) is 7.11 Å². The normalized spacial score (nSPS) is 11.7. The van der Waals surface area contributed by atoms with Crippen molar-refractivity contribution in [1.29, 1.82) is 0 Å². The van der Waals surface area contributed by atoms with E-state index >= 15 is 0 Å². The van der Waals surface area contributed by atoms with Gasteiger partial charge >= 0.3 is 11.9 Å². The molecule has 0 fully saturated rings. The van der Waals surface area contributed by atoms with Crippen LogP contribution in [0.15, 0.2) is 0 Å². The number of amides is 1. The van der Waals surface area contributed by atoms with Crippen molar-refractivity contribution in [1.82, 2.24) is 5.32 Å². The zero-order chi connectivity index (χ0) is 23.3. The highest BCUT2D eigenvalue weighted by molar-refractivity contribution is 5.80. The van der Waals surface area contributed by atoms with Crippen LogP contribution in [-0.2, 0) is 42.9 Å². The number of aliphatic carboxylic acids is 1. The van der Waals surface area contributed by atoms with Gasteiger partial charge in [-0.1, -0.05) is 0 Å². The maximum Gasteiger partial charge on any atom is 0.329 e. The number of esters is 1. The van der Waals surface area contributed by atoms with Crippen molar-refractivity contribution in [3.05, 3.63) is 0 Å². The van der Waals surface area contributed by atoms with Crippen LogP contribution in [0.4, 0.5) is 0 Å². The predicted molar refractivity (Wildman–Crippen MR) is 107 cm³/mol. The summed E-state index contributed by atoms with van der Waals surface area (Å²) in [6.07, 6.45) is 1.37. The standard InChI is InChI=1S/C19H34N2O10/c1-27-19(26)16(20)5-4-15(22)3-2-7-28-9-11-30-13-17(23)21-6-8-29-10-12-31-14-18(24)25/h16H,2-14,20H2,1H3,(H,21,23)(H,24,25)/t16-/m0/s1. The SMILES string of the molecule is COC(=O)[C@@H](N)CCC(=O)CCCOCCOCC(=O)NCCOCCOCC(=O)O. The third kappa shape index (κ3) is 19.6. The van der Waals surface area contributed by atoms with E-state index in [9.17, 15) is 19.2 Å². The number of hydrogen-bond acceptors (Lipinski definition) is 10. The van der Waals surface area contributed by atoms with Crippen molar-refractivity contribution in [2.75, 3.05) is 66.5 Å². The molecule has 4 N–H and O–H groups in total. The third-order valence-corrected chi connectivity index (χ3v) is 3.75. The van der Waals surface area contributed by atoms with Crippen LogP contribution in [0.3, 0.4) is 0 Å². The van der Waals surface area contributed by atoms with Crippen molar-refractivity contribution < 1.29 is 48.0 Å². The van der Waals surface area contributed by atoms with Gasteiger partial charge in [-0.05, 0) is 12.8 Å². The minimum absolute atomic E-state index is 0.00707. The maximum atomic E-state index is 11.7. The number of hydrogen-bond donors (Lipinski definition) is 3. The lowest BCUT2D eigenvalue weighted by atomic mass is 10.1. The molecule has 0 saturated heterocycles.